The molecule has 1 fully saturated rings. The van der Waals surface area contributed by atoms with Crippen LogP contribution in [0.1, 0.15) is 39.7 Å². The molecule has 1 heterocycles. The number of hydrogen-bond donors (Lipinski definition) is 1. The highest BCUT2D eigenvalue weighted by atomic mass is 16.6. The highest BCUT2D eigenvalue weighted by molar-refractivity contribution is 6.13. The number of carbonyl (C=O) groups is 4. The molecular weight excluding hydrogens is 454 g/mol. The third kappa shape index (κ3) is 5.79. The summed E-state index contributed by atoms with van der Waals surface area (Å²) in [7, 11) is 0. The van der Waals surface area contributed by atoms with Crippen LogP contribution in [0.4, 0.5) is 0 Å². The maximum absolute atomic E-state index is 13.5. The fraction of sp³-hybridized carbons (Fsp3) is 0.462. The standard InChI is InChI=1S/C26H33NO8/c1-7-14-33-22(30)26(23(31)34-15-8-2)25(6,32)17-20(28)27(26)19(21(29)35-24(3,4)5)16-18-12-10-9-11-13-18/h7-13,19,32H,1-2,14-17H2,3-6H3/t19-,25?/m1/s1. The monoisotopic (exact) mass is 487 g/mol. The second-order valence-electron chi connectivity index (χ2n) is 9.44. The van der Waals surface area contributed by atoms with Crippen LogP contribution in [0.2, 0.25) is 0 Å². The number of hydrogen-bond acceptors (Lipinski definition) is 8. The first kappa shape index (κ1) is 27.8. The highest BCUT2D eigenvalue weighted by Gasteiger charge is 2.73. The van der Waals surface area contributed by atoms with Gasteiger partial charge < -0.3 is 24.2 Å². The van der Waals surface area contributed by atoms with E-state index in [-0.39, 0.29) is 19.6 Å². The summed E-state index contributed by atoms with van der Waals surface area (Å²) in [5, 5.41) is 11.3. The number of benzene rings is 1. The molecule has 1 aliphatic rings. The molecule has 9 heteroatoms. The Hall–Kier alpha value is -3.46. The summed E-state index contributed by atoms with van der Waals surface area (Å²) in [5.41, 5.74) is -5.24. The molecule has 0 bridgehead atoms. The lowest BCUT2D eigenvalue weighted by atomic mass is 9.80. The normalized spacial score (nSPS) is 20.0. The Morgan fingerprint density at radius 2 is 1.60 bits per heavy atom. The molecule has 1 aliphatic heterocycles. The van der Waals surface area contributed by atoms with Gasteiger partial charge in [0.2, 0.25) is 5.91 Å². The van der Waals surface area contributed by atoms with Crippen molar-refractivity contribution in [2.75, 3.05) is 13.2 Å². The van der Waals surface area contributed by atoms with Crippen LogP contribution in [-0.2, 0) is 39.8 Å². The van der Waals surface area contributed by atoms with Gasteiger partial charge in [0.05, 0.1) is 6.42 Å². The van der Waals surface area contributed by atoms with Crippen LogP contribution in [0.15, 0.2) is 55.6 Å². The Kier molecular flexibility index (Phi) is 8.62. The number of carbonyl (C=O) groups excluding carboxylic acids is 4. The molecular formula is C26H33NO8. The largest absolute Gasteiger partial charge is 0.459 e. The predicted octanol–water partition coefficient (Wildman–Crippen LogP) is 2.12. The van der Waals surface area contributed by atoms with Crippen molar-refractivity contribution in [2.24, 2.45) is 0 Å². The van der Waals surface area contributed by atoms with Crippen LogP contribution in [0.5, 0.6) is 0 Å². The minimum Gasteiger partial charge on any atom is -0.459 e. The Balaban J connectivity index is 2.75. The molecule has 1 amide bonds. The average molecular weight is 488 g/mol. The van der Waals surface area contributed by atoms with Gasteiger partial charge in [-0.2, -0.15) is 0 Å². The Morgan fingerprint density at radius 3 is 2.06 bits per heavy atom. The fourth-order valence-electron chi connectivity index (χ4n) is 4.05. The summed E-state index contributed by atoms with van der Waals surface area (Å²) in [4.78, 5) is 54.5. The van der Waals surface area contributed by atoms with Crippen molar-refractivity contribution in [2.45, 2.75) is 63.3 Å². The van der Waals surface area contributed by atoms with Crippen LogP contribution in [0.3, 0.4) is 0 Å². The van der Waals surface area contributed by atoms with Gasteiger partial charge in [0.15, 0.2) is 0 Å². The first-order valence-corrected chi connectivity index (χ1v) is 11.2. The van der Waals surface area contributed by atoms with Gasteiger partial charge in [-0.15, -0.1) is 0 Å². The van der Waals surface area contributed by atoms with Crippen molar-refractivity contribution in [3.63, 3.8) is 0 Å². The molecule has 2 atom stereocenters. The number of aliphatic hydroxyl groups is 1. The van der Waals surface area contributed by atoms with Gasteiger partial charge in [0.1, 0.15) is 30.5 Å². The summed E-state index contributed by atoms with van der Waals surface area (Å²) in [6.45, 7) is 12.5. The lowest BCUT2D eigenvalue weighted by Crippen LogP contribution is -2.71. The highest BCUT2D eigenvalue weighted by Crippen LogP contribution is 2.44. The van der Waals surface area contributed by atoms with E-state index < -0.39 is 53.0 Å². The molecule has 190 valence electrons. The minimum atomic E-state index is -2.67. The molecule has 0 aliphatic carbocycles. The molecule has 1 N–H and O–H groups in total. The maximum atomic E-state index is 13.5. The van der Waals surface area contributed by atoms with E-state index in [4.69, 9.17) is 14.2 Å². The molecule has 1 saturated heterocycles. The van der Waals surface area contributed by atoms with Gasteiger partial charge >= 0.3 is 17.9 Å². The molecule has 1 aromatic carbocycles. The van der Waals surface area contributed by atoms with Crippen LogP contribution in [-0.4, -0.2) is 69.8 Å². The van der Waals surface area contributed by atoms with Crippen molar-refractivity contribution < 1.29 is 38.5 Å². The van der Waals surface area contributed by atoms with Gasteiger partial charge in [-0.25, -0.2) is 14.4 Å². The van der Waals surface area contributed by atoms with E-state index in [9.17, 15) is 24.3 Å². The van der Waals surface area contributed by atoms with Gasteiger partial charge in [-0.1, -0.05) is 55.6 Å². The molecule has 1 unspecified atom stereocenters. The number of nitrogens with zero attached hydrogens (tertiary/aromatic N) is 1. The number of rotatable bonds is 10. The van der Waals surface area contributed by atoms with Crippen LogP contribution < -0.4 is 0 Å². The Bertz CT molecular complexity index is 953. The van der Waals surface area contributed by atoms with E-state index in [1.807, 2.05) is 0 Å². The zero-order chi connectivity index (χ0) is 26.4. The molecule has 2 rings (SSSR count). The Morgan fingerprint density at radius 1 is 1.09 bits per heavy atom. The lowest BCUT2D eigenvalue weighted by molar-refractivity contribution is -0.193. The van der Waals surface area contributed by atoms with Crippen LogP contribution in [0.25, 0.3) is 0 Å². The summed E-state index contributed by atoms with van der Waals surface area (Å²) in [6, 6.07) is 7.26. The zero-order valence-corrected chi connectivity index (χ0v) is 20.6. The molecule has 0 aromatic heterocycles. The maximum Gasteiger partial charge on any atom is 0.347 e. The zero-order valence-electron chi connectivity index (χ0n) is 20.6. The molecule has 1 aromatic rings. The fourth-order valence-corrected chi connectivity index (χ4v) is 4.05. The van der Waals surface area contributed by atoms with Gasteiger partial charge in [-0.3, -0.25) is 4.79 Å². The van der Waals surface area contributed by atoms with Crippen LogP contribution >= 0.6 is 0 Å². The summed E-state index contributed by atoms with van der Waals surface area (Å²) in [6.07, 6.45) is 1.81. The van der Waals surface area contributed by atoms with Crippen molar-refractivity contribution in [3.05, 3.63) is 61.2 Å². The Labute approximate surface area is 205 Å². The molecule has 9 nitrogen and oxygen atoms in total. The average Bonchev–Trinajstić information content (AvgIpc) is 2.98. The van der Waals surface area contributed by atoms with Gasteiger partial charge in [-0.05, 0) is 33.3 Å². The second-order valence-corrected chi connectivity index (χ2v) is 9.44. The molecule has 0 spiro atoms. The summed E-state index contributed by atoms with van der Waals surface area (Å²) in [5.74, 6) is -4.16. The third-order valence-corrected chi connectivity index (χ3v) is 5.42. The molecule has 0 saturated carbocycles. The smallest absolute Gasteiger partial charge is 0.347 e. The van der Waals surface area contributed by atoms with E-state index in [1.54, 1.807) is 51.1 Å². The molecule has 35 heavy (non-hydrogen) atoms. The topological polar surface area (TPSA) is 119 Å². The van der Waals surface area contributed by atoms with Crippen molar-refractivity contribution in [1.82, 2.24) is 4.90 Å². The first-order valence-electron chi connectivity index (χ1n) is 11.2. The van der Waals surface area contributed by atoms with Crippen molar-refractivity contribution in [1.29, 1.82) is 0 Å². The molecule has 0 radical (unpaired) electrons. The lowest BCUT2D eigenvalue weighted by Gasteiger charge is -2.43. The SMILES string of the molecule is C=CCOC(=O)C1(C(=O)OCC=C)N([C@H](Cc2ccccc2)C(=O)OC(C)(C)C)C(=O)CC1(C)O. The van der Waals surface area contributed by atoms with Gasteiger partial charge in [0, 0.05) is 6.42 Å². The first-order chi connectivity index (χ1) is 16.3. The van der Waals surface area contributed by atoms with Crippen molar-refractivity contribution >= 4 is 23.8 Å². The number of likely N-dealkylation sites (tertiary alicyclic amines) is 1. The minimum absolute atomic E-state index is 0.0944. The van der Waals surface area contributed by atoms with E-state index >= 15 is 0 Å². The van der Waals surface area contributed by atoms with Crippen molar-refractivity contribution in [3.8, 4) is 0 Å². The summed E-state index contributed by atoms with van der Waals surface area (Å²) >= 11 is 0. The number of ether oxygens (including phenoxy) is 3. The predicted molar refractivity (Wildman–Crippen MR) is 127 cm³/mol. The second kappa shape index (κ2) is 10.9. The number of amides is 1. The van der Waals surface area contributed by atoms with E-state index in [1.165, 1.54) is 12.2 Å². The third-order valence-electron chi connectivity index (χ3n) is 5.42. The number of esters is 3. The summed E-state index contributed by atoms with van der Waals surface area (Å²) < 4.78 is 15.9. The van der Waals surface area contributed by atoms with E-state index in [0.717, 1.165) is 11.8 Å². The van der Waals surface area contributed by atoms with Gasteiger partial charge in [0.25, 0.3) is 5.54 Å². The van der Waals surface area contributed by atoms with E-state index in [0.29, 0.717) is 5.56 Å². The van der Waals surface area contributed by atoms with E-state index in [2.05, 4.69) is 13.2 Å². The quantitative estimate of drug-likeness (QED) is 0.231. The van der Waals surface area contributed by atoms with Crippen LogP contribution in [0, 0.1) is 0 Å².